The molecule has 9 heteroatoms. The van der Waals surface area contributed by atoms with Gasteiger partial charge in [0.25, 0.3) is 0 Å². The minimum Gasteiger partial charge on any atom is -0.383 e. The number of imidazole rings is 1. The number of anilines is 1. The van der Waals surface area contributed by atoms with Crippen LogP contribution in [0.15, 0.2) is 48.7 Å². The second kappa shape index (κ2) is 6.96. The maximum atomic E-state index is 13.3. The van der Waals surface area contributed by atoms with Gasteiger partial charge in [0, 0.05) is 41.8 Å². The summed E-state index contributed by atoms with van der Waals surface area (Å²) in [5, 5.41) is 4.69. The van der Waals surface area contributed by atoms with Crippen molar-refractivity contribution >= 4 is 5.82 Å². The zero-order valence-electron chi connectivity index (χ0n) is 17.2. The maximum Gasteiger partial charge on any atom is 0.419 e. The van der Waals surface area contributed by atoms with Crippen LogP contribution in [0, 0.1) is 5.92 Å². The predicted molar refractivity (Wildman–Crippen MR) is 110 cm³/mol. The lowest BCUT2D eigenvalue weighted by Gasteiger charge is -2.16. The lowest BCUT2D eigenvalue weighted by Crippen LogP contribution is -2.11. The number of hydrogen-bond donors (Lipinski definition) is 1. The molecule has 0 radical (unpaired) electrons. The molecule has 1 fully saturated rings. The highest BCUT2D eigenvalue weighted by Crippen LogP contribution is 2.62. The van der Waals surface area contributed by atoms with Crippen LogP contribution in [0.3, 0.4) is 0 Å². The van der Waals surface area contributed by atoms with Crippen molar-refractivity contribution in [2.45, 2.75) is 50.9 Å². The zero-order chi connectivity index (χ0) is 21.9. The summed E-state index contributed by atoms with van der Waals surface area (Å²) in [6.45, 7) is 4.15. The number of nitrogen functional groups attached to an aromatic ring is 1. The van der Waals surface area contributed by atoms with Gasteiger partial charge >= 0.3 is 6.18 Å². The number of halogens is 3. The van der Waals surface area contributed by atoms with E-state index in [9.17, 15) is 13.2 Å². The third kappa shape index (κ3) is 3.32. The second-order valence-corrected chi connectivity index (χ2v) is 8.37. The lowest BCUT2D eigenvalue weighted by molar-refractivity contribution is -0.137. The number of rotatable bonds is 5. The lowest BCUT2D eigenvalue weighted by atomic mass is 10.1. The van der Waals surface area contributed by atoms with E-state index < -0.39 is 17.6 Å². The predicted octanol–water partition coefficient (Wildman–Crippen LogP) is 5.00. The molecule has 4 atom stereocenters. The van der Waals surface area contributed by atoms with Crippen molar-refractivity contribution in [2.75, 3.05) is 5.73 Å². The normalized spacial score (nSPS) is 23.5. The van der Waals surface area contributed by atoms with Gasteiger partial charge < -0.3 is 10.3 Å². The van der Waals surface area contributed by atoms with Crippen molar-refractivity contribution in [2.24, 2.45) is 5.92 Å². The summed E-state index contributed by atoms with van der Waals surface area (Å²) < 4.78 is 44.0. The van der Waals surface area contributed by atoms with Crippen LogP contribution in [0.4, 0.5) is 19.0 Å². The molecule has 2 aliphatic carbocycles. The number of nitrogens with two attached hydrogens (primary N) is 1. The fraction of sp³-hybridized carbons (Fsp3) is 0.409. The maximum absolute atomic E-state index is 13.3. The molecule has 0 aliphatic heterocycles. The molecule has 0 spiro atoms. The van der Waals surface area contributed by atoms with Gasteiger partial charge in [-0.2, -0.15) is 18.3 Å². The molecule has 162 valence electrons. The fourth-order valence-corrected chi connectivity index (χ4v) is 4.59. The first kappa shape index (κ1) is 19.8. The zero-order valence-corrected chi connectivity index (χ0v) is 17.2. The SMILES string of the molecule is CCC(C)n1nc(-c2cnc(N)c(C(F)(F)F)c2)cc1C1C2=CC(n3ccnc3)CC21. The van der Waals surface area contributed by atoms with Crippen LogP contribution in [0.25, 0.3) is 11.3 Å². The second-order valence-electron chi connectivity index (χ2n) is 8.37. The van der Waals surface area contributed by atoms with E-state index >= 15 is 0 Å². The van der Waals surface area contributed by atoms with Crippen molar-refractivity contribution in [3.8, 4) is 11.3 Å². The van der Waals surface area contributed by atoms with E-state index in [4.69, 9.17) is 5.73 Å². The Hall–Kier alpha value is -3.10. The Morgan fingerprint density at radius 2 is 2.10 bits per heavy atom. The third-order valence-corrected chi connectivity index (χ3v) is 6.48. The van der Waals surface area contributed by atoms with Gasteiger partial charge in [-0.3, -0.25) is 4.68 Å². The highest BCUT2D eigenvalue weighted by molar-refractivity contribution is 5.64. The van der Waals surface area contributed by atoms with Crippen molar-refractivity contribution in [3.63, 3.8) is 0 Å². The average Bonchev–Trinajstić information content (AvgIpc) is 3.25. The number of fused-ring (bicyclic) bond motifs is 1. The first-order chi connectivity index (χ1) is 14.8. The first-order valence-corrected chi connectivity index (χ1v) is 10.4. The molecule has 0 aromatic carbocycles. The van der Waals surface area contributed by atoms with Crippen LogP contribution in [-0.4, -0.2) is 24.3 Å². The van der Waals surface area contributed by atoms with E-state index in [1.807, 2.05) is 23.3 Å². The molecule has 0 saturated heterocycles. The van der Waals surface area contributed by atoms with E-state index in [2.05, 4.69) is 39.6 Å². The number of nitrogens with zero attached hydrogens (tertiary/aromatic N) is 5. The fourth-order valence-electron chi connectivity index (χ4n) is 4.59. The molecular formula is C22H23F3N6. The Morgan fingerprint density at radius 3 is 2.71 bits per heavy atom. The minimum atomic E-state index is -4.56. The van der Waals surface area contributed by atoms with E-state index in [0.29, 0.717) is 23.2 Å². The summed E-state index contributed by atoms with van der Waals surface area (Å²) in [7, 11) is 0. The molecule has 0 amide bonds. The summed E-state index contributed by atoms with van der Waals surface area (Å²) in [4.78, 5) is 7.89. The topological polar surface area (TPSA) is 74.6 Å². The van der Waals surface area contributed by atoms with Gasteiger partial charge in [0.1, 0.15) is 5.82 Å². The molecule has 3 aromatic heterocycles. The van der Waals surface area contributed by atoms with Crippen LogP contribution in [0.2, 0.25) is 0 Å². The summed E-state index contributed by atoms with van der Waals surface area (Å²) in [5.41, 5.74) is 7.77. The molecule has 31 heavy (non-hydrogen) atoms. The monoisotopic (exact) mass is 428 g/mol. The van der Waals surface area contributed by atoms with Crippen LogP contribution >= 0.6 is 0 Å². The number of aromatic nitrogens is 5. The Bertz CT molecular complexity index is 1140. The van der Waals surface area contributed by atoms with E-state index in [0.717, 1.165) is 24.6 Å². The van der Waals surface area contributed by atoms with E-state index in [-0.39, 0.29) is 12.0 Å². The molecular weight excluding hydrogens is 405 g/mol. The first-order valence-electron chi connectivity index (χ1n) is 10.4. The van der Waals surface area contributed by atoms with Crippen molar-refractivity contribution in [1.82, 2.24) is 24.3 Å². The van der Waals surface area contributed by atoms with Gasteiger partial charge in [-0.25, -0.2) is 9.97 Å². The van der Waals surface area contributed by atoms with Crippen LogP contribution in [0.5, 0.6) is 0 Å². The molecule has 2 aliphatic rings. The van der Waals surface area contributed by atoms with E-state index in [1.54, 1.807) is 6.20 Å². The molecule has 3 heterocycles. The smallest absolute Gasteiger partial charge is 0.383 e. The number of hydrogen-bond acceptors (Lipinski definition) is 4. The molecule has 1 saturated carbocycles. The summed E-state index contributed by atoms with van der Waals surface area (Å²) in [5.74, 6) is 0.180. The Morgan fingerprint density at radius 1 is 1.29 bits per heavy atom. The molecule has 5 rings (SSSR count). The Balaban J connectivity index is 1.50. The molecule has 3 aromatic rings. The molecule has 4 unspecified atom stereocenters. The van der Waals surface area contributed by atoms with Crippen LogP contribution in [0.1, 0.15) is 55.9 Å². The quantitative estimate of drug-likeness (QED) is 0.581. The summed E-state index contributed by atoms with van der Waals surface area (Å²) >= 11 is 0. The van der Waals surface area contributed by atoms with Gasteiger partial charge in [0.15, 0.2) is 0 Å². The van der Waals surface area contributed by atoms with Crippen molar-refractivity contribution in [1.29, 1.82) is 0 Å². The minimum absolute atomic E-state index is 0.138. The van der Waals surface area contributed by atoms with Gasteiger partial charge in [-0.15, -0.1) is 0 Å². The highest BCUT2D eigenvalue weighted by Gasteiger charge is 2.52. The van der Waals surface area contributed by atoms with Gasteiger partial charge in [0.2, 0.25) is 0 Å². The third-order valence-electron chi connectivity index (χ3n) is 6.48. The van der Waals surface area contributed by atoms with Crippen molar-refractivity contribution < 1.29 is 13.2 Å². The summed E-state index contributed by atoms with van der Waals surface area (Å²) in [6.07, 6.45) is 6.53. The van der Waals surface area contributed by atoms with Crippen LogP contribution < -0.4 is 5.73 Å². The van der Waals surface area contributed by atoms with E-state index in [1.165, 1.54) is 11.8 Å². The Labute approximate surface area is 177 Å². The van der Waals surface area contributed by atoms with Gasteiger partial charge in [-0.05, 0) is 37.8 Å². The Kier molecular flexibility index (Phi) is 4.46. The molecule has 2 N–H and O–H groups in total. The molecule has 6 nitrogen and oxygen atoms in total. The summed E-state index contributed by atoms with van der Waals surface area (Å²) in [6, 6.07) is 3.40. The van der Waals surface area contributed by atoms with Crippen LogP contribution in [-0.2, 0) is 6.18 Å². The number of pyridine rings is 1. The highest BCUT2D eigenvalue weighted by atomic mass is 19.4. The number of allylic oxidation sites excluding steroid dienone is 2. The van der Waals surface area contributed by atoms with Gasteiger partial charge in [-0.1, -0.05) is 18.6 Å². The van der Waals surface area contributed by atoms with Crippen molar-refractivity contribution in [3.05, 3.63) is 60.0 Å². The number of alkyl halides is 3. The average molecular weight is 428 g/mol. The standard InChI is InChI=1S/C22H23F3N6/c1-3-12(2)31-19(20-15-7-14(8-16(15)20)30-5-4-27-11-30)9-18(29-31)13-6-17(22(23,24)25)21(26)28-10-13/h4-7,9-12,14,16,20H,3,8H2,1-2H3,(H2,26,28). The van der Waals surface area contributed by atoms with Gasteiger partial charge in [0.05, 0.1) is 23.6 Å². The molecule has 0 bridgehead atoms. The largest absolute Gasteiger partial charge is 0.419 e.